The standard InChI is InChI=1S/C12H14N2/c1-10-8-14(12(10)7-13)9-11-5-3-2-4-6-11/h2-6,10,12H,8-9H2,1H3/t10-,12-/m0/s1. The van der Waals surface area contributed by atoms with Crippen LogP contribution in [-0.4, -0.2) is 17.5 Å². The van der Waals surface area contributed by atoms with E-state index in [2.05, 4.69) is 30.0 Å². The Hall–Kier alpha value is -1.33. The molecule has 1 saturated heterocycles. The fraction of sp³-hybridized carbons (Fsp3) is 0.417. The van der Waals surface area contributed by atoms with Crippen LogP contribution < -0.4 is 0 Å². The second kappa shape index (κ2) is 3.81. The first-order valence-corrected chi connectivity index (χ1v) is 4.99. The minimum atomic E-state index is 0.121. The molecule has 14 heavy (non-hydrogen) atoms. The van der Waals surface area contributed by atoms with Gasteiger partial charge in [0.2, 0.25) is 0 Å². The second-order valence-electron chi connectivity index (χ2n) is 3.97. The van der Waals surface area contributed by atoms with Gasteiger partial charge in [0, 0.05) is 13.1 Å². The van der Waals surface area contributed by atoms with Crippen molar-refractivity contribution in [1.82, 2.24) is 4.90 Å². The Balaban J connectivity index is 1.98. The normalized spacial score (nSPS) is 26.6. The lowest BCUT2D eigenvalue weighted by atomic mass is 9.91. The van der Waals surface area contributed by atoms with Crippen molar-refractivity contribution in [2.75, 3.05) is 6.54 Å². The average molecular weight is 186 g/mol. The summed E-state index contributed by atoms with van der Waals surface area (Å²) in [5.41, 5.74) is 1.29. The molecule has 0 spiro atoms. The van der Waals surface area contributed by atoms with Crippen LogP contribution in [0.5, 0.6) is 0 Å². The highest BCUT2D eigenvalue weighted by Crippen LogP contribution is 2.25. The summed E-state index contributed by atoms with van der Waals surface area (Å²) in [5.74, 6) is 0.531. The lowest BCUT2D eigenvalue weighted by Crippen LogP contribution is -2.53. The van der Waals surface area contributed by atoms with Crippen LogP contribution in [0.15, 0.2) is 30.3 Å². The summed E-state index contributed by atoms with van der Waals surface area (Å²) >= 11 is 0. The van der Waals surface area contributed by atoms with Gasteiger partial charge in [0.15, 0.2) is 0 Å². The first-order chi connectivity index (χ1) is 6.81. The van der Waals surface area contributed by atoms with Crippen molar-refractivity contribution in [2.45, 2.75) is 19.5 Å². The van der Waals surface area contributed by atoms with Gasteiger partial charge >= 0.3 is 0 Å². The first kappa shape index (κ1) is 9.23. The van der Waals surface area contributed by atoms with Crippen molar-refractivity contribution in [3.05, 3.63) is 35.9 Å². The van der Waals surface area contributed by atoms with Gasteiger partial charge in [-0.15, -0.1) is 0 Å². The minimum Gasteiger partial charge on any atom is -0.283 e. The molecule has 1 aromatic rings. The van der Waals surface area contributed by atoms with Crippen LogP contribution in [0.1, 0.15) is 12.5 Å². The van der Waals surface area contributed by atoms with E-state index in [1.165, 1.54) is 5.56 Å². The van der Waals surface area contributed by atoms with E-state index in [4.69, 9.17) is 5.26 Å². The van der Waals surface area contributed by atoms with Crippen molar-refractivity contribution >= 4 is 0 Å². The number of nitriles is 1. The summed E-state index contributed by atoms with van der Waals surface area (Å²) in [7, 11) is 0. The van der Waals surface area contributed by atoms with Gasteiger partial charge in [-0.2, -0.15) is 5.26 Å². The van der Waals surface area contributed by atoms with E-state index in [-0.39, 0.29) is 6.04 Å². The molecular formula is C12H14N2. The van der Waals surface area contributed by atoms with Gasteiger partial charge in [-0.1, -0.05) is 37.3 Å². The number of hydrogen-bond acceptors (Lipinski definition) is 2. The number of hydrogen-bond donors (Lipinski definition) is 0. The topological polar surface area (TPSA) is 27.0 Å². The largest absolute Gasteiger partial charge is 0.283 e. The van der Waals surface area contributed by atoms with Crippen molar-refractivity contribution in [3.63, 3.8) is 0 Å². The molecular weight excluding hydrogens is 172 g/mol. The van der Waals surface area contributed by atoms with Crippen LogP contribution >= 0.6 is 0 Å². The summed E-state index contributed by atoms with van der Waals surface area (Å²) in [4.78, 5) is 2.22. The highest BCUT2D eigenvalue weighted by Gasteiger charge is 2.35. The van der Waals surface area contributed by atoms with E-state index in [1.54, 1.807) is 0 Å². The van der Waals surface area contributed by atoms with E-state index < -0.39 is 0 Å². The zero-order valence-electron chi connectivity index (χ0n) is 8.35. The summed E-state index contributed by atoms with van der Waals surface area (Å²) in [6.07, 6.45) is 0. The van der Waals surface area contributed by atoms with Crippen molar-refractivity contribution in [3.8, 4) is 6.07 Å². The van der Waals surface area contributed by atoms with Crippen LogP contribution in [0.2, 0.25) is 0 Å². The fourth-order valence-corrected chi connectivity index (χ4v) is 1.99. The maximum Gasteiger partial charge on any atom is 0.102 e. The second-order valence-corrected chi connectivity index (χ2v) is 3.97. The Bertz CT molecular complexity index is 339. The summed E-state index contributed by atoms with van der Waals surface area (Å²) in [5, 5.41) is 8.91. The number of rotatable bonds is 2. The molecule has 0 amide bonds. The molecule has 1 fully saturated rings. The molecule has 0 unspecified atom stereocenters. The molecule has 2 nitrogen and oxygen atoms in total. The third-order valence-electron chi connectivity index (χ3n) is 2.82. The van der Waals surface area contributed by atoms with E-state index >= 15 is 0 Å². The first-order valence-electron chi connectivity index (χ1n) is 4.99. The SMILES string of the molecule is C[C@H]1CN(Cc2ccccc2)[C@H]1C#N. The molecule has 1 aliphatic rings. The predicted molar refractivity (Wildman–Crippen MR) is 55.4 cm³/mol. The lowest BCUT2D eigenvalue weighted by Gasteiger charge is -2.42. The molecule has 1 aromatic carbocycles. The zero-order chi connectivity index (χ0) is 9.97. The van der Waals surface area contributed by atoms with Gasteiger partial charge in [-0.25, -0.2) is 0 Å². The molecule has 0 bridgehead atoms. The van der Waals surface area contributed by atoms with E-state index in [0.717, 1.165) is 13.1 Å². The molecule has 2 heteroatoms. The van der Waals surface area contributed by atoms with Crippen LogP contribution in [0, 0.1) is 17.2 Å². The molecule has 0 radical (unpaired) electrons. The lowest BCUT2D eigenvalue weighted by molar-refractivity contribution is 0.0552. The van der Waals surface area contributed by atoms with Crippen molar-refractivity contribution < 1.29 is 0 Å². The number of nitrogens with zero attached hydrogens (tertiary/aromatic N) is 2. The Morgan fingerprint density at radius 3 is 2.71 bits per heavy atom. The molecule has 0 aromatic heterocycles. The van der Waals surface area contributed by atoms with Crippen LogP contribution in [0.4, 0.5) is 0 Å². The highest BCUT2D eigenvalue weighted by atomic mass is 15.2. The molecule has 2 atom stereocenters. The molecule has 1 aliphatic heterocycles. The summed E-state index contributed by atoms with van der Waals surface area (Å²) in [6.45, 7) is 4.09. The third-order valence-corrected chi connectivity index (χ3v) is 2.82. The zero-order valence-corrected chi connectivity index (χ0v) is 8.35. The summed E-state index contributed by atoms with van der Waals surface area (Å²) < 4.78 is 0. The highest BCUT2D eigenvalue weighted by molar-refractivity contribution is 5.16. The molecule has 72 valence electrons. The van der Waals surface area contributed by atoms with Crippen molar-refractivity contribution in [2.24, 2.45) is 5.92 Å². The maximum atomic E-state index is 8.91. The van der Waals surface area contributed by atoms with Crippen LogP contribution in [0.25, 0.3) is 0 Å². The predicted octanol–water partition coefficient (Wildman–Crippen LogP) is 2.03. The average Bonchev–Trinajstić information content (AvgIpc) is 2.19. The van der Waals surface area contributed by atoms with Gasteiger partial charge in [-0.05, 0) is 11.5 Å². The third kappa shape index (κ3) is 1.64. The quantitative estimate of drug-likeness (QED) is 0.706. The van der Waals surface area contributed by atoms with Gasteiger partial charge in [0.1, 0.15) is 6.04 Å². The van der Waals surface area contributed by atoms with Gasteiger partial charge in [0.05, 0.1) is 6.07 Å². The maximum absolute atomic E-state index is 8.91. The van der Waals surface area contributed by atoms with E-state index in [9.17, 15) is 0 Å². The molecule has 0 N–H and O–H groups in total. The van der Waals surface area contributed by atoms with Gasteiger partial charge < -0.3 is 0 Å². The Morgan fingerprint density at radius 1 is 1.43 bits per heavy atom. The summed E-state index contributed by atoms with van der Waals surface area (Å²) in [6, 6.07) is 12.8. The smallest absolute Gasteiger partial charge is 0.102 e. The monoisotopic (exact) mass is 186 g/mol. The number of benzene rings is 1. The molecule has 2 rings (SSSR count). The van der Waals surface area contributed by atoms with Gasteiger partial charge in [0.25, 0.3) is 0 Å². The Morgan fingerprint density at radius 2 is 2.14 bits per heavy atom. The van der Waals surface area contributed by atoms with E-state index in [0.29, 0.717) is 5.92 Å². The van der Waals surface area contributed by atoms with Crippen molar-refractivity contribution in [1.29, 1.82) is 5.26 Å². The number of likely N-dealkylation sites (tertiary alicyclic amines) is 1. The fourth-order valence-electron chi connectivity index (χ4n) is 1.99. The van der Waals surface area contributed by atoms with Crippen LogP contribution in [-0.2, 0) is 6.54 Å². The molecule has 1 heterocycles. The molecule has 0 aliphatic carbocycles. The van der Waals surface area contributed by atoms with Gasteiger partial charge in [-0.3, -0.25) is 4.90 Å². The van der Waals surface area contributed by atoms with E-state index in [1.807, 2.05) is 18.2 Å². The molecule has 0 saturated carbocycles. The van der Waals surface area contributed by atoms with Crippen LogP contribution in [0.3, 0.4) is 0 Å². The minimum absolute atomic E-state index is 0.121. The Labute approximate surface area is 84.8 Å². The Kier molecular flexibility index (Phi) is 2.51.